The van der Waals surface area contributed by atoms with Crippen LogP contribution in [-0.4, -0.2) is 47.9 Å². The molecule has 1 fully saturated rings. The highest BCUT2D eigenvalue weighted by molar-refractivity contribution is 6.31. The van der Waals surface area contributed by atoms with Gasteiger partial charge in [-0.15, -0.1) is 0 Å². The number of nitrogens with one attached hydrogen (secondary N) is 2. The molecule has 2 atom stereocenters. The summed E-state index contributed by atoms with van der Waals surface area (Å²) in [5.41, 5.74) is 3.62. The third kappa shape index (κ3) is 3.32. The number of halogens is 1. The van der Waals surface area contributed by atoms with Gasteiger partial charge in [-0.3, -0.25) is 9.48 Å². The lowest BCUT2D eigenvalue weighted by molar-refractivity contribution is 0.0851. The minimum Gasteiger partial charge on any atom is -0.393 e. The number of fused-ring (bicyclic) bond motifs is 2. The van der Waals surface area contributed by atoms with Crippen molar-refractivity contribution in [1.82, 2.24) is 30.0 Å². The smallest absolute Gasteiger partial charge is 0.255 e. The van der Waals surface area contributed by atoms with Crippen molar-refractivity contribution < 1.29 is 9.90 Å². The van der Waals surface area contributed by atoms with Crippen LogP contribution in [0.1, 0.15) is 36.0 Å². The van der Waals surface area contributed by atoms with E-state index in [0.29, 0.717) is 39.6 Å². The Morgan fingerprint density at radius 1 is 1.37 bits per heavy atom. The van der Waals surface area contributed by atoms with Gasteiger partial charge in [0.1, 0.15) is 16.9 Å². The summed E-state index contributed by atoms with van der Waals surface area (Å²) in [6, 6.07) is 5.54. The molecule has 0 bridgehead atoms. The van der Waals surface area contributed by atoms with Crippen molar-refractivity contribution in [3.8, 4) is 11.4 Å². The van der Waals surface area contributed by atoms with Crippen molar-refractivity contribution in [2.45, 2.75) is 37.8 Å². The van der Waals surface area contributed by atoms with Crippen LogP contribution in [-0.2, 0) is 7.05 Å². The Balaban J connectivity index is 1.51. The molecule has 0 saturated heterocycles. The maximum Gasteiger partial charge on any atom is 0.255 e. The molecule has 1 saturated carbocycles. The van der Waals surface area contributed by atoms with E-state index in [0.717, 1.165) is 30.2 Å². The summed E-state index contributed by atoms with van der Waals surface area (Å²) in [7, 11) is 1.85. The quantitative estimate of drug-likeness (QED) is 0.468. The summed E-state index contributed by atoms with van der Waals surface area (Å²) in [4.78, 5) is 25.0. The normalized spacial score (nSPS) is 19.4. The van der Waals surface area contributed by atoms with E-state index in [2.05, 4.69) is 20.4 Å². The summed E-state index contributed by atoms with van der Waals surface area (Å²) < 4.78 is 1.75. The predicted octanol–water partition coefficient (Wildman–Crippen LogP) is 3.20. The number of aromatic nitrogens is 5. The summed E-state index contributed by atoms with van der Waals surface area (Å²) in [5, 5.41) is 19.0. The molecule has 3 aromatic heterocycles. The molecular weight excluding hydrogens is 404 g/mol. The predicted molar refractivity (Wildman–Crippen MR) is 114 cm³/mol. The van der Waals surface area contributed by atoms with Crippen LogP contribution in [0.15, 0.2) is 30.6 Å². The Morgan fingerprint density at radius 3 is 3.07 bits per heavy atom. The molecule has 1 aliphatic rings. The van der Waals surface area contributed by atoms with Gasteiger partial charge < -0.3 is 15.4 Å². The third-order valence-corrected chi connectivity index (χ3v) is 5.90. The van der Waals surface area contributed by atoms with Crippen LogP contribution < -0.4 is 5.32 Å². The number of carbonyl (C=O) groups excluding carboxylic acids is 1. The first-order valence-corrected chi connectivity index (χ1v) is 10.3. The van der Waals surface area contributed by atoms with Crippen LogP contribution >= 0.6 is 11.6 Å². The minimum atomic E-state index is -0.357. The van der Waals surface area contributed by atoms with E-state index in [1.54, 1.807) is 17.1 Å². The van der Waals surface area contributed by atoms with Crippen molar-refractivity contribution in [2.75, 3.05) is 0 Å². The van der Waals surface area contributed by atoms with Crippen molar-refractivity contribution in [3.63, 3.8) is 0 Å². The van der Waals surface area contributed by atoms with E-state index >= 15 is 0 Å². The standard InChI is InChI=1S/C21H21ClN6O2/c1-28-17-7-11(22)5-6-14(17)18(27-28)16-10-24-20-19(26-16)15(9-23-20)21(30)25-12-3-2-4-13(29)8-12/h5-7,9-10,12-13,29H,2-4,8H2,1H3,(H,23,24)(H,25,30)/t12-,13-/m1/s1. The SMILES string of the molecule is Cn1nc(-c2cnc3[nH]cc(C(=O)N[C@@H]4CCC[C@@H](O)C4)c3n2)c2ccc(Cl)cc21. The average molecular weight is 425 g/mol. The number of rotatable bonds is 3. The molecule has 8 nitrogen and oxygen atoms in total. The van der Waals surface area contributed by atoms with Gasteiger partial charge in [-0.2, -0.15) is 5.10 Å². The molecule has 0 radical (unpaired) electrons. The van der Waals surface area contributed by atoms with Gasteiger partial charge >= 0.3 is 0 Å². The zero-order valence-corrected chi connectivity index (χ0v) is 17.1. The highest BCUT2D eigenvalue weighted by atomic mass is 35.5. The maximum absolute atomic E-state index is 12.9. The van der Waals surface area contributed by atoms with Gasteiger partial charge in [-0.25, -0.2) is 9.97 Å². The van der Waals surface area contributed by atoms with E-state index in [4.69, 9.17) is 16.6 Å². The number of H-pyrrole nitrogens is 1. The van der Waals surface area contributed by atoms with Crippen LogP contribution in [0.4, 0.5) is 0 Å². The van der Waals surface area contributed by atoms with E-state index in [9.17, 15) is 9.90 Å². The first kappa shape index (κ1) is 19.0. The van der Waals surface area contributed by atoms with Gasteiger partial charge in [-0.05, 0) is 43.9 Å². The van der Waals surface area contributed by atoms with Crippen molar-refractivity contribution in [3.05, 3.63) is 41.2 Å². The lowest BCUT2D eigenvalue weighted by Gasteiger charge is -2.26. The Kier molecular flexibility index (Phi) is 4.67. The van der Waals surface area contributed by atoms with Crippen LogP contribution in [0.3, 0.4) is 0 Å². The highest BCUT2D eigenvalue weighted by Crippen LogP contribution is 2.29. The highest BCUT2D eigenvalue weighted by Gasteiger charge is 2.24. The number of nitrogens with zero attached hydrogens (tertiary/aromatic N) is 4. The van der Waals surface area contributed by atoms with Crippen LogP contribution in [0.2, 0.25) is 5.02 Å². The molecule has 1 aromatic carbocycles. The molecule has 9 heteroatoms. The number of aromatic amines is 1. The van der Waals surface area contributed by atoms with Crippen LogP contribution in [0, 0.1) is 0 Å². The van der Waals surface area contributed by atoms with Crippen molar-refractivity contribution >= 4 is 39.6 Å². The number of benzene rings is 1. The zero-order valence-electron chi connectivity index (χ0n) is 16.4. The molecule has 4 aromatic rings. The fraction of sp³-hybridized carbons (Fsp3) is 0.333. The lowest BCUT2D eigenvalue weighted by Crippen LogP contribution is -2.39. The number of hydrogen-bond donors (Lipinski definition) is 3. The molecule has 30 heavy (non-hydrogen) atoms. The van der Waals surface area contributed by atoms with Crippen LogP contribution in [0.25, 0.3) is 33.5 Å². The third-order valence-electron chi connectivity index (χ3n) is 5.66. The molecule has 0 aliphatic heterocycles. The van der Waals surface area contributed by atoms with Crippen molar-refractivity contribution in [2.24, 2.45) is 7.05 Å². The molecule has 0 unspecified atom stereocenters. The second kappa shape index (κ2) is 7.37. The first-order chi connectivity index (χ1) is 14.5. The van der Waals surface area contributed by atoms with Gasteiger partial charge in [0.15, 0.2) is 5.65 Å². The molecule has 3 N–H and O–H groups in total. The van der Waals surface area contributed by atoms with Crippen LogP contribution in [0.5, 0.6) is 0 Å². The molecule has 0 spiro atoms. The second-order valence-electron chi connectivity index (χ2n) is 7.78. The van der Waals surface area contributed by atoms with Crippen molar-refractivity contribution in [1.29, 1.82) is 0 Å². The monoisotopic (exact) mass is 424 g/mol. The first-order valence-electron chi connectivity index (χ1n) is 9.95. The van der Waals surface area contributed by atoms with E-state index in [1.165, 1.54) is 0 Å². The molecule has 1 aliphatic carbocycles. The Morgan fingerprint density at radius 2 is 2.23 bits per heavy atom. The Hall–Kier alpha value is -2.97. The average Bonchev–Trinajstić information content (AvgIpc) is 3.29. The number of carbonyl (C=O) groups is 1. The summed E-state index contributed by atoms with van der Waals surface area (Å²) >= 11 is 6.12. The van der Waals surface area contributed by atoms with Gasteiger partial charge in [0, 0.05) is 29.7 Å². The Bertz CT molecular complexity index is 1260. The topological polar surface area (TPSA) is 109 Å². The maximum atomic E-state index is 12.9. The Labute approximate surface area is 177 Å². The van der Waals surface area contributed by atoms with E-state index < -0.39 is 0 Å². The number of amides is 1. The number of aryl methyl sites for hydroxylation is 1. The minimum absolute atomic E-state index is 0.0353. The molecule has 1 amide bonds. The van der Waals surface area contributed by atoms with E-state index in [-0.39, 0.29) is 18.1 Å². The van der Waals surface area contributed by atoms with E-state index in [1.807, 2.05) is 25.2 Å². The molecule has 5 rings (SSSR count). The molecular formula is C21H21ClN6O2. The summed E-state index contributed by atoms with van der Waals surface area (Å²) in [5.74, 6) is -0.218. The van der Waals surface area contributed by atoms with Gasteiger partial charge in [0.05, 0.1) is 23.4 Å². The fourth-order valence-corrected chi connectivity index (χ4v) is 4.32. The number of aliphatic hydroxyl groups excluding tert-OH is 1. The largest absolute Gasteiger partial charge is 0.393 e. The lowest BCUT2D eigenvalue weighted by atomic mass is 9.93. The van der Waals surface area contributed by atoms with Gasteiger partial charge in [0.25, 0.3) is 5.91 Å². The second-order valence-corrected chi connectivity index (χ2v) is 8.22. The zero-order chi connectivity index (χ0) is 20.8. The fourth-order valence-electron chi connectivity index (χ4n) is 4.16. The number of aliphatic hydroxyl groups is 1. The molecule has 154 valence electrons. The summed E-state index contributed by atoms with van der Waals surface area (Å²) in [6.07, 6.45) is 6.05. The summed E-state index contributed by atoms with van der Waals surface area (Å²) in [6.45, 7) is 0. The van der Waals surface area contributed by atoms with Gasteiger partial charge in [0.2, 0.25) is 0 Å². The number of hydrogen-bond acceptors (Lipinski definition) is 5. The molecule has 3 heterocycles. The van der Waals surface area contributed by atoms with Gasteiger partial charge in [-0.1, -0.05) is 11.6 Å².